The summed E-state index contributed by atoms with van der Waals surface area (Å²) in [4.78, 5) is 11.7. The molecule has 1 fully saturated rings. The summed E-state index contributed by atoms with van der Waals surface area (Å²) >= 11 is 0. The van der Waals surface area contributed by atoms with E-state index in [2.05, 4.69) is 28.2 Å². The molecule has 0 bridgehead atoms. The van der Waals surface area contributed by atoms with E-state index in [1.807, 2.05) is 36.4 Å². The van der Waals surface area contributed by atoms with Gasteiger partial charge in [0.15, 0.2) is 0 Å². The number of hydrogen-bond acceptors (Lipinski definition) is 3. The molecule has 25 heavy (non-hydrogen) atoms. The molecule has 0 radical (unpaired) electrons. The number of aromatic nitrogens is 3. The van der Waals surface area contributed by atoms with Crippen molar-refractivity contribution in [2.75, 3.05) is 24.7 Å². The molecule has 1 aromatic carbocycles. The number of fused-ring (bicyclic) bond motifs is 3. The van der Waals surface area contributed by atoms with Gasteiger partial charge in [-0.05, 0) is 49.8 Å². The van der Waals surface area contributed by atoms with Gasteiger partial charge in [-0.25, -0.2) is 4.98 Å². The number of piperidine rings is 1. The number of imidazole rings is 1. The summed E-state index contributed by atoms with van der Waals surface area (Å²) < 4.78 is 14.3. The van der Waals surface area contributed by atoms with E-state index in [-0.39, 0.29) is 6.67 Å². The lowest BCUT2D eigenvalue weighted by atomic mass is 9.92. The van der Waals surface area contributed by atoms with Crippen LogP contribution in [0.2, 0.25) is 0 Å². The summed E-state index contributed by atoms with van der Waals surface area (Å²) in [6.45, 7) is 5.81. The van der Waals surface area contributed by atoms with Crippen LogP contribution >= 0.6 is 0 Å². The van der Waals surface area contributed by atoms with E-state index in [1.165, 1.54) is 0 Å². The van der Waals surface area contributed by atoms with Crippen molar-refractivity contribution < 1.29 is 4.39 Å². The predicted octanol–water partition coefficient (Wildman–Crippen LogP) is 4.87. The molecule has 1 aliphatic heterocycles. The minimum atomic E-state index is -0.189. The average Bonchev–Trinajstić information content (AvgIpc) is 3.06. The summed E-state index contributed by atoms with van der Waals surface area (Å²) in [6, 6.07) is 10.2. The predicted molar refractivity (Wildman–Crippen MR) is 102 cm³/mol. The topological polar surface area (TPSA) is 33.4 Å². The Bertz CT molecular complexity index is 806. The van der Waals surface area contributed by atoms with E-state index in [0.717, 1.165) is 55.0 Å². The van der Waals surface area contributed by atoms with E-state index >= 15 is 0 Å². The number of rotatable bonds is 4. The average molecular weight is 342 g/mol. The van der Waals surface area contributed by atoms with Crippen LogP contribution in [0.3, 0.4) is 0 Å². The Morgan fingerprint density at radius 3 is 2.60 bits per heavy atom. The van der Waals surface area contributed by atoms with Crippen LogP contribution in [0.1, 0.15) is 39.5 Å². The van der Waals surface area contributed by atoms with Gasteiger partial charge in [0.05, 0.1) is 17.7 Å². The Labute approximate surface area is 148 Å². The van der Waals surface area contributed by atoms with Crippen LogP contribution in [0.25, 0.3) is 16.8 Å². The fourth-order valence-corrected chi connectivity index (χ4v) is 3.53. The van der Waals surface area contributed by atoms with Gasteiger partial charge in [-0.15, -0.1) is 0 Å². The molecule has 1 saturated heterocycles. The molecular formula is C20H27FN4. The first-order valence-corrected chi connectivity index (χ1v) is 9.40. The van der Waals surface area contributed by atoms with Crippen molar-refractivity contribution in [2.45, 2.75) is 39.5 Å². The summed E-state index contributed by atoms with van der Waals surface area (Å²) in [5.74, 6) is 2.42. The Morgan fingerprint density at radius 2 is 1.84 bits per heavy atom. The van der Waals surface area contributed by atoms with Gasteiger partial charge in [0.2, 0.25) is 5.78 Å². The molecule has 134 valence electrons. The van der Waals surface area contributed by atoms with Gasteiger partial charge >= 0.3 is 0 Å². The highest BCUT2D eigenvalue weighted by Crippen LogP contribution is 2.26. The number of alkyl halides is 1. The van der Waals surface area contributed by atoms with E-state index in [0.29, 0.717) is 12.3 Å². The van der Waals surface area contributed by atoms with Crippen LogP contribution in [0.15, 0.2) is 36.5 Å². The monoisotopic (exact) mass is 342 g/mol. The molecule has 2 aromatic heterocycles. The van der Waals surface area contributed by atoms with Gasteiger partial charge in [0, 0.05) is 19.3 Å². The molecule has 5 heteroatoms. The second-order valence-electron chi connectivity index (χ2n) is 6.32. The maximum atomic E-state index is 12.3. The van der Waals surface area contributed by atoms with Gasteiger partial charge < -0.3 is 4.90 Å². The van der Waals surface area contributed by atoms with Crippen molar-refractivity contribution in [3.8, 4) is 0 Å². The van der Waals surface area contributed by atoms with Crippen molar-refractivity contribution in [1.82, 2.24) is 14.4 Å². The first-order valence-electron chi connectivity index (χ1n) is 9.40. The Hall–Kier alpha value is -2.17. The smallest absolute Gasteiger partial charge is 0.236 e. The van der Waals surface area contributed by atoms with Gasteiger partial charge in [0.25, 0.3) is 0 Å². The number of halogens is 1. The SMILES string of the molecule is CC.FCCCC1CCN(c2ccn3c(n2)nc2ccccc23)CC1. The van der Waals surface area contributed by atoms with E-state index in [4.69, 9.17) is 4.98 Å². The normalized spacial score (nSPS) is 15.4. The highest BCUT2D eigenvalue weighted by Gasteiger charge is 2.20. The maximum Gasteiger partial charge on any atom is 0.236 e. The van der Waals surface area contributed by atoms with Crippen molar-refractivity contribution >= 4 is 22.6 Å². The first kappa shape index (κ1) is 17.6. The summed E-state index contributed by atoms with van der Waals surface area (Å²) in [5, 5.41) is 0. The lowest BCUT2D eigenvalue weighted by molar-refractivity contribution is 0.346. The van der Waals surface area contributed by atoms with Crippen LogP contribution in [-0.2, 0) is 0 Å². The van der Waals surface area contributed by atoms with Crippen molar-refractivity contribution in [3.05, 3.63) is 36.5 Å². The molecule has 0 saturated carbocycles. The molecule has 0 N–H and O–H groups in total. The van der Waals surface area contributed by atoms with E-state index in [1.54, 1.807) is 0 Å². The second kappa shape index (κ2) is 8.28. The Morgan fingerprint density at radius 1 is 1.08 bits per heavy atom. The number of anilines is 1. The second-order valence-corrected chi connectivity index (χ2v) is 6.32. The van der Waals surface area contributed by atoms with Gasteiger partial charge in [-0.1, -0.05) is 26.0 Å². The molecular weight excluding hydrogens is 315 g/mol. The Balaban J connectivity index is 0.000000880. The minimum Gasteiger partial charge on any atom is -0.356 e. The molecule has 1 aliphatic rings. The van der Waals surface area contributed by atoms with Crippen LogP contribution in [0.5, 0.6) is 0 Å². The lowest BCUT2D eigenvalue weighted by Crippen LogP contribution is -2.34. The van der Waals surface area contributed by atoms with Crippen LogP contribution < -0.4 is 4.90 Å². The number of hydrogen-bond donors (Lipinski definition) is 0. The third kappa shape index (κ3) is 3.75. The molecule has 0 unspecified atom stereocenters. The van der Waals surface area contributed by atoms with Crippen molar-refractivity contribution in [2.24, 2.45) is 5.92 Å². The number of benzene rings is 1. The van der Waals surface area contributed by atoms with Crippen LogP contribution in [0, 0.1) is 5.92 Å². The molecule has 0 amide bonds. The summed E-state index contributed by atoms with van der Waals surface area (Å²) in [5.41, 5.74) is 2.06. The Kier molecular flexibility index (Phi) is 5.84. The minimum absolute atomic E-state index is 0.189. The zero-order chi connectivity index (χ0) is 17.6. The standard InChI is InChI=1S/C18H21FN4.C2H6/c19-10-3-4-14-7-11-22(12-8-14)17-9-13-23-16-6-2-1-5-15(16)20-18(23)21-17;1-2/h1-2,5-6,9,13-14H,3-4,7-8,10-12H2;1-2H3. The molecule has 0 aliphatic carbocycles. The van der Waals surface area contributed by atoms with Gasteiger partial charge in [-0.3, -0.25) is 8.79 Å². The highest BCUT2D eigenvalue weighted by atomic mass is 19.1. The quantitative estimate of drug-likeness (QED) is 0.678. The number of para-hydroxylation sites is 2. The fraction of sp³-hybridized carbons (Fsp3) is 0.500. The van der Waals surface area contributed by atoms with Crippen LogP contribution in [-0.4, -0.2) is 34.1 Å². The fourth-order valence-electron chi connectivity index (χ4n) is 3.53. The molecule has 3 aromatic rings. The third-order valence-corrected chi connectivity index (χ3v) is 4.85. The first-order chi connectivity index (χ1) is 12.3. The molecule has 3 heterocycles. The van der Waals surface area contributed by atoms with Crippen LogP contribution in [0.4, 0.5) is 10.2 Å². The third-order valence-electron chi connectivity index (χ3n) is 4.85. The summed E-state index contributed by atoms with van der Waals surface area (Å²) in [6.07, 6.45) is 6.03. The highest BCUT2D eigenvalue weighted by molar-refractivity contribution is 5.79. The molecule has 4 rings (SSSR count). The summed E-state index contributed by atoms with van der Waals surface area (Å²) in [7, 11) is 0. The van der Waals surface area contributed by atoms with E-state index in [9.17, 15) is 4.39 Å². The van der Waals surface area contributed by atoms with Gasteiger partial charge in [0.1, 0.15) is 5.82 Å². The van der Waals surface area contributed by atoms with Crippen molar-refractivity contribution in [1.29, 1.82) is 0 Å². The number of nitrogens with zero attached hydrogens (tertiary/aromatic N) is 4. The maximum absolute atomic E-state index is 12.3. The lowest BCUT2D eigenvalue weighted by Gasteiger charge is -2.32. The zero-order valence-electron chi connectivity index (χ0n) is 15.2. The van der Waals surface area contributed by atoms with E-state index < -0.39 is 0 Å². The van der Waals surface area contributed by atoms with Crippen molar-refractivity contribution in [3.63, 3.8) is 0 Å². The molecule has 4 nitrogen and oxygen atoms in total. The molecule has 0 atom stereocenters. The van der Waals surface area contributed by atoms with Gasteiger partial charge in [-0.2, -0.15) is 4.98 Å². The zero-order valence-corrected chi connectivity index (χ0v) is 15.2. The largest absolute Gasteiger partial charge is 0.356 e. The molecule has 0 spiro atoms.